The van der Waals surface area contributed by atoms with Gasteiger partial charge in [0.15, 0.2) is 0 Å². The quantitative estimate of drug-likeness (QED) is 0.553. The van der Waals surface area contributed by atoms with E-state index in [2.05, 4.69) is 5.16 Å². The maximum absolute atomic E-state index is 4.89. The number of oxime groups is 1. The average Bonchev–Trinajstić information content (AvgIpc) is 2.03. The van der Waals surface area contributed by atoms with Crippen molar-refractivity contribution >= 4 is 5.71 Å². The Kier molecular flexibility index (Phi) is 2.86. The molecular formula is C8H11N2O. The third-order valence-electron chi connectivity index (χ3n) is 1.07. The van der Waals surface area contributed by atoms with Gasteiger partial charge in [-0.05, 0) is 12.2 Å². The van der Waals surface area contributed by atoms with Crippen molar-refractivity contribution in [1.29, 1.82) is 0 Å². The summed E-state index contributed by atoms with van der Waals surface area (Å²) in [5.74, 6) is 0. The number of allylic oxidation sites excluding steroid dienone is 4. The lowest BCUT2D eigenvalue weighted by Crippen LogP contribution is -2.09. The highest BCUT2D eigenvalue weighted by molar-refractivity contribution is 6.04. The summed E-state index contributed by atoms with van der Waals surface area (Å²) in [6.45, 7) is 0. The van der Waals surface area contributed by atoms with Crippen molar-refractivity contribution in [2.75, 3.05) is 14.1 Å². The third-order valence-corrected chi connectivity index (χ3v) is 1.07. The SMILES string of the molecule is CN(C)ON=C1C=C[CH]C=C1. The summed E-state index contributed by atoms with van der Waals surface area (Å²) in [6.07, 6.45) is 9.53. The molecule has 0 fully saturated rings. The monoisotopic (exact) mass is 151 g/mol. The number of hydrogen-bond donors (Lipinski definition) is 0. The molecule has 59 valence electrons. The van der Waals surface area contributed by atoms with Gasteiger partial charge < -0.3 is 0 Å². The zero-order valence-electron chi connectivity index (χ0n) is 6.69. The summed E-state index contributed by atoms with van der Waals surface area (Å²) in [6, 6.07) is 0. The molecule has 0 atom stereocenters. The predicted octanol–water partition coefficient (Wildman–Crippen LogP) is 1.17. The van der Waals surface area contributed by atoms with Crippen LogP contribution in [0.3, 0.4) is 0 Å². The highest BCUT2D eigenvalue weighted by atomic mass is 16.8. The zero-order chi connectivity index (χ0) is 8.10. The summed E-state index contributed by atoms with van der Waals surface area (Å²) in [5.41, 5.74) is 0.821. The molecule has 0 saturated heterocycles. The Hall–Kier alpha value is -1.09. The van der Waals surface area contributed by atoms with Gasteiger partial charge in [-0.25, -0.2) is 0 Å². The van der Waals surface area contributed by atoms with E-state index in [1.807, 2.05) is 30.7 Å². The molecule has 3 nitrogen and oxygen atoms in total. The second-order valence-corrected chi connectivity index (χ2v) is 2.32. The highest BCUT2D eigenvalue weighted by Crippen LogP contribution is 1.97. The van der Waals surface area contributed by atoms with Gasteiger partial charge in [-0.15, -0.1) is 5.06 Å². The Morgan fingerprint density at radius 1 is 1.27 bits per heavy atom. The van der Waals surface area contributed by atoms with E-state index >= 15 is 0 Å². The van der Waals surface area contributed by atoms with Crippen LogP contribution in [0.15, 0.2) is 29.5 Å². The average molecular weight is 151 g/mol. The molecule has 3 heteroatoms. The van der Waals surface area contributed by atoms with Crippen molar-refractivity contribution in [2.45, 2.75) is 0 Å². The molecule has 0 aromatic heterocycles. The van der Waals surface area contributed by atoms with Crippen LogP contribution in [0.4, 0.5) is 0 Å². The maximum Gasteiger partial charge on any atom is 0.104 e. The normalized spacial score (nSPS) is 15.7. The van der Waals surface area contributed by atoms with Gasteiger partial charge >= 0.3 is 0 Å². The van der Waals surface area contributed by atoms with Crippen molar-refractivity contribution in [2.24, 2.45) is 5.16 Å². The van der Waals surface area contributed by atoms with E-state index in [4.69, 9.17) is 4.94 Å². The minimum absolute atomic E-state index is 0.821. The van der Waals surface area contributed by atoms with Crippen LogP contribution in [0.5, 0.6) is 0 Å². The van der Waals surface area contributed by atoms with Gasteiger partial charge in [0.25, 0.3) is 0 Å². The van der Waals surface area contributed by atoms with Crippen molar-refractivity contribution in [3.63, 3.8) is 0 Å². The number of nitrogens with zero attached hydrogens (tertiary/aromatic N) is 2. The first-order valence-corrected chi connectivity index (χ1v) is 3.39. The molecule has 0 aromatic carbocycles. The Balaban J connectivity index is 2.45. The highest BCUT2D eigenvalue weighted by Gasteiger charge is 1.93. The lowest BCUT2D eigenvalue weighted by atomic mass is 10.2. The molecule has 1 radical (unpaired) electrons. The molecule has 0 aromatic rings. The molecule has 0 N–H and O–H groups in total. The molecule has 1 aliphatic carbocycles. The third kappa shape index (κ3) is 3.00. The largest absolute Gasteiger partial charge is 0.297 e. The standard InChI is InChI=1S/C8H11N2O/c1-10(2)11-9-8-6-4-3-5-7-8/h3-7H,1-2H3. The Labute approximate surface area is 66.6 Å². The van der Waals surface area contributed by atoms with Crippen LogP contribution in [-0.4, -0.2) is 24.9 Å². The van der Waals surface area contributed by atoms with Gasteiger partial charge in [-0.1, -0.05) is 17.3 Å². The first-order valence-electron chi connectivity index (χ1n) is 3.39. The van der Waals surface area contributed by atoms with Gasteiger partial charge in [0.2, 0.25) is 0 Å². The van der Waals surface area contributed by atoms with Crippen LogP contribution >= 0.6 is 0 Å². The second kappa shape index (κ2) is 3.93. The topological polar surface area (TPSA) is 24.8 Å². The summed E-state index contributed by atoms with van der Waals surface area (Å²) in [7, 11) is 3.57. The van der Waals surface area contributed by atoms with Crippen LogP contribution in [0, 0.1) is 6.42 Å². The summed E-state index contributed by atoms with van der Waals surface area (Å²) < 4.78 is 0. The molecule has 0 unspecified atom stereocenters. The van der Waals surface area contributed by atoms with Gasteiger partial charge in [-0.2, -0.15) is 0 Å². The second-order valence-electron chi connectivity index (χ2n) is 2.32. The number of rotatable bonds is 2. The fourth-order valence-electron chi connectivity index (χ4n) is 0.618. The molecule has 0 aliphatic heterocycles. The number of hydrogen-bond acceptors (Lipinski definition) is 3. The molecule has 1 aliphatic rings. The summed E-state index contributed by atoms with van der Waals surface area (Å²) >= 11 is 0. The summed E-state index contributed by atoms with van der Waals surface area (Å²) in [4.78, 5) is 4.89. The minimum Gasteiger partial charge on any atom is -0.297 e. The van der Waals surface area contributed by atoms with Crippen molar-refractivity contribution < 1.29 is 4.94 Å². The molecule has 0 amide bonds. The smallest absolute Gasteiger partial charge is 0.104 e. The maximum atomic E-state index is 4.89. The molecular weight excluding hydrogens is 140 g/mol. The molecule has 0 saturated carbocycles. The van der Waals surface area contributed by atoms with E-state index < -0.39 is 0 Å². The molecule has 0 spiro atoms. The number of hydroxylamine groups is 2. The van der Waals surface area contributed by atoms with E-state index in [1.165, 1.54) is 5.06 Å². The summed E-state index contributed by atoms with van der Waals surface area (Å²) in [5, 5.41) is 5.37. The minimum atomic E-state index is 0.821. The molecule has 0 bridgehead atoms. The van der Waals surface area contributed by atoms with Gasteiger partial charge in [-0.3, -0.25) is 4.94 Å². The predicted molar refractivity (Wildman–Crippen MR) is 44.8 cm³/mol. The van der Waals surface area contributed by atoms with Gasteiger partial charge in [0, 0.05) is 20.5 Å². The van der Waals surface area contributed by atoms with Gasteiger partial charge in [0.05, 0.1) is 0 Å². The Morgan fingerprint density at radius 3 is 2.45 bits per heavy atom. The van der Waals surface area contributed by atoms with E-state index in [-0.39, 0.29) is 0 Å². The van der Waals surface area contributed by atoms with Crippen LogP contribution in [0.2, 0.25) is 0 Å². The van der Waals surface area contributed by atoms with Crippen molar-refractivity contribution in [3.8, 4) is 0 Å². The van der Waals surface area contributed by atoms with Gasteiger partial charge in [0.1, 0.15) is 5.71 Å². The zero-order valence-corrected chi connectivity index (χ0v) is 6.69. The fourth-order valence-corrected chi connectivity index (χ4v) is 0.618. The van der Waals surface area contributed by atoms with E-state index in [0.717, 1.165) is 5.71 Å². The van der Waals surface area contributed by atoms with Crippen LogP contribution in [0.1, 0.15) is 0 Å². The van der Waals surface area contributed by atoms with Crippen LogP contribution < -0.4 is 0 Å². The Morgan fingerprint density at radius 2 is 1.91 bits per heavy atom. The van der Waals surface area contributed by atoms with E-state index in [9.17, 15) is 0 Å². The van der Waals surface area contributed by atoms with Crippen molar-refractivity contribution in [1.82, 2.24) is 5.06 Å². The lowest BCUT2D eigenvalue weighted by Gasteiger charge is -2.05. The van der Waals surface area contributed by atoms with E-state index in [0.29, 0.717) is 0 Å². The lowest BCUT2D eigenvalue weighted by molar-refractivity contribution is -0.118. The first-order chi connectivity index (χ1) is 5.29. The van der Waals surface area contributed by atoms with E-state index in [1.54, 1.807) is 14.1 Å². The van der Waals surface area contributed by atoms with Crippen LogP contribution in [0.25, 0.3) is 0 Å². The first kappa shape index (κ1) is 8.01. The molecule has 1 rings (SSSR count). The van der Waals surface area contributed by atoms with Crippen molar-refractivity contribution in [3.05, 3.63) is 30.7 Å². The molecule has 0 heterocycles. The van der Waals surface area contributed by atoms with Crippen LogP contribution in [-0.2, 0) is 4.94 Å². The fraction of sp³-hybridized carbons (Fsp3) is 0.250. The Bertz CT molecular complexity index is 190. The molecule has 11 heavy (non-hydrogen) atoms.